The van der Waals surface area contributed by atoms with E-state index in [0.29, 0.717) is 19.0 Å². The number of hydrogen-bond acceptors (Lipinski definition) is 4. The van der Waals surface area contributed by atoms with E-state index in [0.717, 1.165) is 50.3 Å². The second-order valence-corrected chi connectivity index (χ2v) is 6.55. The normalized spacial score (nSPS) is 12.1. The van der Waals surface area contributed by atoms with Crippen LogP contribution in [0.5, 0.6) is 5.88 Å². The van der Waals surface area contributed by atoms with Gasteiger partial charge in [-0.1, -0.05) is 26.8 Å². The second-order valence-electron chi connectivity index (χ2n) is 6.55. The highest BCUT2D eigenvalue weighted by Crippen LogP contribution is 2.29. The number of hydrogen-bond donors (Lipinski definition) is 3. The topological polar surface area (TPSA) is 78.8 Å². The van der Waals surface area contributed by atoms with E-state index in [-0.39, 0.29) is 12.0 Å². The quantitative estimate of drug-likeness (QED) is 0.392. The molecule has 6 heteroatoms. The van der Waals surface area contributed by atoms with Gasteiger partial charge in [0.05, 0.1) is 13.2 Å². The van der Waals surface area contributed by atoms with Gasteiger partial charge in [0, 0.05) is 31.5 Å². The second kappa shape index (κ2) is 12.5. The molecule has 0 saturated carbocycles. The zero-order valence-corrected chi connectivity index (χ0v) is 16.8. The van der Waals surface area contributed by atoms with Crippen LogP contribution < -0.4 is 15.4 Å². The molecule has 3 N–H and O–H groups in total. The third-order valence-corrected chi connectivity index (χ3v) is 4.82. The molecule has 0 fully saturated rings. The van der Waals surface area contributed by atoms with Gasteiger partial charge in [-0.2, -0.15) is 0 Å². The molecule has 1 heterocycles. The Morgan fingerprint density at radius 1 is 1.23 bits per heavy atom. The average Bonchev–Trinajstić information content (AvgIpc) is 2.68. The summed E-state index contributed by atoms with van der Waals surface area (Å²) in [5.41, 5.74) is 1.07. The van der Waals surface area contributed by atoms with Crippen LogP contribution in [-0.4, -0.2) is 42.4 Å². The molecule has 0 aliphatic carbocycles. The van der Waals surface area contributed by atoms with Gasteiger partial charge in [-0.3, -0.25) is 0 Å². The van der Waals surface area contributed by atoms with Crippen molar-refractivity contribution in [3.63, 3.8) is 0 Å². The minimum absolute atomic E-state index is 0.0919. The van der Waals surface area contributed by atoms with Crippen molar-refractivity contribution in [3.8, 4) is 5.88 Å². The maximum Gasteiger partial charge on any atom is 0.218 e. The number of guanidine groups is 1. The highest BCUT2D eigenvalue weighted by Gasteiger charge is 2.25. The van der Waals surface area contributed by atoms with E-state index < -0.39 is 0 Å². The highest BCUT2D eigenvalue weighted by molar-refractivity contribution is 5.79. The monoisotopic (exact) mass is 364 g/mol. The number of nitrogens with zero attached hydrogens (tertiary/aromatic N) is 2. The molecule has 1 aromatic heterocycles. The Hall–Kier alpha value is -1.82. The molecule has 0 saturated heterocycles. The molecule has 0 aliphatic rings. The molecule has 0 aliphatic heterocycles. The van der Waals surface area contributed by atoms with Crippen molar-refractivity contribution < 1.29 is 9.84 Å². The standard InChI is InChI=1S/C20H36N4O2/c1-5-14-26-18-17(10-9-12-22-18)15-23-19(21-8-4)24-16-20(6-2,7-3)11-13-25/h9-10,12,25H,5-8,11,13-16H2,1-4H3,(H2,21,23,24). The molecule has 0 unspecified atom stereocenters. The van der Waals surface area contributed by atoms with E-state index in [1.807, 2.05) is 12.1 Å². The fourth-order valence-corrected chi connectivity index (χ4v) is 2.83. The van der Waals surface area contributed by atoms with Crippen LogP contribution in [0.3, 0.4) is 0 Å². The first-order chi connectivity index (χ1) is 12.6. The average molecular weight is 365 g/mol. The van der Waals surface area contributed by atoms with Crippen molar-refractivity contribution in [2.24, 2.45) is 10.4 Å². The van der Waals surface area contributed by atoms with Gasteiger partial charge in [-0.25, -0.2) is 9.98 Å². The molecule has 0 bridgehead atoms. The van der Waals surface area contributed by atoms with Crippen molar-refractivity contribution in [1.29, 1.82) is 0 Å². The van der Waals surface area contributed by atoms with E-state index in [2.05, 4.69) is 43.3 Å². The summed E-state index contributed by atoms with van der Waals surface area (Å²) in [5.74, 6) is 1.44. The van der Waals surface area contributed by atoms with Gasteiger partial charge in [0.2, 0.25) is 5.88 Å². The Balaban J connectivity index is 2.80. The Kier molecular flexibility index (Phi) is 10.7. The lowest BCUT2D eigenvalue weighted by molar-refractivity contribution is 0.169. The van der Waals surface area contributed by atoms with Gasteiger partial charge in [-0.05, 0) is 44.1 Å². The maximum atomic E-state index is 9.39. The van der Waals surface area contributed by atoms with Gasteiger partial charge in [0.25, 0.3) is 0 Å². The summed E-state index contributed by atoms with van der Waals surface area (Å²) in [6, 6.07) is 3.91. The fourth-order valence-electron chi connectivity index (χ4n) is 2.83. The van der Waals surface area contributed by atoms with Crippen molar-refractivity contribution in [2.45, 2.75) is 59.9 Å². The van der Waals surface area contributed by atoms with Gasteiger partial charge >= 0.3 is 0 Å². The van der Waals surface area contributed by atoms with E-state index >= 15 is 0 Å². The zero-order chi connectivity index (χ0) is 19.3. The highest BCUT2D eigenvalue weighted by atomic mass is 16.5. The predicted molar refractivity (Wildman–Crippen MR) is 108 cm³/mol. The van der Waals surface area contributed by atoms with Crippen LogP contribution in [0.4, 0.5) is 0 Å². The maximum absolute atomic E-state index is 9.39. The van der Waals surface area contributed by atoms with Crippen LogP contribution in [-0.2, 0) is 6.54 Å². The number of aliphatic hydroxyl groups excluding tert-OH is 1. The predicted octanol–water partition coefficient (Wildman–Crippen LogP) is 3.11. The third kappa shape index (κ3) is 7.20. The summed E-state index contributed by atoms with van der Waals surface area (Å²) in [6.07, 6.45) is 5.53. The fraction of sp³-hybridized carbons (Fsp3) is 0.700. The first-order valence-corrected chi connectivity index (χ1v) is 9.84. The number of rotatable bonds is 12. The third-order valence-electron chi connectivity index (χ3n) is 4.82. The molecule has 148 valence electrons. The van der Waals surface area contributed by atoms with Crippen molar-refractivity contribution >= 4 is 5.96 Å². The minimum atomic E-state index is 0.0919. The lowest BCUT2D eigenvalue weighted by Crippen LogP contribution is -2.43. The van der Waals surface area contributed by atoms with Crippen molar-refractivity contribution in [3.05, 3.63) is 23.9 Å². The summed E-state index contributed by atoms with van der Waals surface area (Å²) < 4.78 is 5.71. The van der Waals surface area contributed by atoms with Crippen LogP contribution >= 0.6 is 0 Å². The molecule has 0 aromatic carbocycles. The SMILES string of the molecule is CCCOc1ncccc1CN=C(NCC)NCC(CC)(CC)CCO. The Labute approximate surface area is 158 Å². The summed E-state index contributed by atoms with van der Waals surface area (Å²) in [4.78, 5) is 9.01. The number of pyridine rings is 1. The van der Waals surface area contributed by atoms with Crippen LogP contribution in [0.2, 0.25) is 0 Å². The van der Waals surface area contributed by atoms with Crippen LogP contribution in [0, 0.1) is 5.41 Å². The summed E-state index contributed by atoms with van der Waals surface area (Å²) in [6.45, 7) is 11.4. The number of aliphatic imine (C=N–C) groups is 1. The number of ether oxygens (including phenoxy) is 1. The molecule has 1 rings (SSSR count). The molecule has 0 atom stereocenters. The molecule has 0 amide bonds. The Morgan fingerprint density at radius 2 is 2.00 bits per heavy atom. The van der Waals surface area contributed by atoms with Gasteiger partial charge in [0.1, 0.15) is 0 Å². The van der Waals surface area contributed by atoms with Gasteiger partial charge < -0.3 is 20.5 Å². The van der Waals surface area contributed by atoms with E-state index in [4.69, 9.17) is 9.73 Å². The Morgan fingerprint density at radius 3 is 2.62 bits per heavy atom. The van der Waals surface area contributed by atoms with E-state index in [9.17, 15) is 5.11 Å². The number of nitrogens with one attached hydrogen (secondary N) is 2. The lowest BCUT2D eigenvalue weighted by atomic mass is 9.79. The molecule has 1 aromatic rings. The van der Waals surface area contributed by atoms with Crippen LogP contribution in [0.25, 0.3) is 0 Å². The molecule has 6 nitrogen and oxygen atoms in total. The summed E-state index contributed by atoms with van der Waals surface area (Å²) in [7, 11) is 0. The molecule has 0 spiro atoms. The minimum Gasteiger partial charge on any atom is -0.477 e. The number of aromatic nitrogens is 1. The first kappa shape index (κ1) is 22.2. The van der Waals surface area contributed by atoms with Gasteiger partial charge in [-0.15, -0.1) is 0 Å². The van der Waals surface area contributed by atoms with Crippen LogP contribution in [0.1, 0.15) is 58.9 Å². The largest absolute Gasteiger partial charge is 0.477 e. The zero-order valence-electron chi connectivity index (χ0n) is 16.8. The molecule has 26 heavy (non-hydrogen) atoms. The van der Waals surface area contributed by atoms with Crippen LogP contribution in [0.15, 0.2) is 23.3 Å². The Bertz CT molecular complexity index is 530. The molecule has 0 radical (unpaired) electrons. The lowest BCUT2D eigenvalue weighted by Gasteiger charge is -2.32. The van der Waals surface area contributed by atoms with Gasteiger partial charge in [0.15, 0.2) is 5.96 Å². The summed E-state index contributed by atoms with van der Waals surface area (Å²) in [5, 5.41) is 16.1. The summed E-state index contributed by atoms with van der Waals surface area (Å²) >= 11 is 0. The van der Waals surface area contributed by atoms with Crippen molar-refractivity contribution in [2.75, 3.05) is 26.3 Å². The molecular weight excluding hydrogens is 328 g/mol. The molecular formula is C20H36N4O2. The van der Waals surface area contributed by atoms with Crippen molar-refractivity contribution in [1.82, 2.24) is 15.6 Å². The van der Waals surface area contributed by atoms with E-state index in [1.54, 1.807) is 6.20 Å². The smallest absolute Gasteiger partial charge is 0.218 e. The number of aliphatic hydroxyl groups is 1. The first-order valence-electron chi connectivity index (χ1n) is 9.84. The van der Waals surface area contributed by atoms with E-state index in [1.165, 1.54) is 0 Å².